The van der Waals surface area contributed by atoms with Gasteiger partial charge in [-0.1, -0.05) is 26.2 Å². The first kappa shape index (κ1) is 13.4. The summed E-state index contributed by atoms with van der Waals surface area (Å²) < 4.78 is 0. The van der Waals surface area contributed by atoms with E-state index in [1.54, 1.807) is 0 Å². The van der Waals surface area contributed by atoms with Crippen LogP contribution in [0.3, 0.4) is 0 Å². The monoisotopic (exact) mass is 150 g/mol. The zero-order valence-electron chi connectivity index (χ0n) is 7.23. The Balaban J connectivity index is 0. The maximum Gasteiger partial charge on any atom is 2.00 e. The normalized spacial score (nSPS) is 16.2. The molecule has 0 radical (unpaired) electrons. The van der Waals surface area contributed by atoms with Crippen LogP contribution in [0, 0.1) is 13.3 Å². The van der Waals surface area contributed by atoms with Crippen molar-refractivity contribution in [2.75, 3.05) is 0 Å². The van der Waals surface area contributed by atoms with Crippen molar-refractivity contribution < 1.29 is 0 Å². The molecule has 0 nitrogen and oxygen atoms in total. The maximum atomic E-state index is 3.49. The van der Waals surface area contributed by atoms with Crippen LogP contribution in [0.2, 0.25) is 0 Å². The quantitative estimate of drug-likeness (QED) is 0.368. The fraction of sp³-hybridized carbons (Fsp3) is 0.778. The third-order valence-electron chi connectivity index (χ3n) is 1.32. The van der Waals surface area contributed by atoms with Gasteiger partial charge in [0.05, 0.1) is 0 Å². The number of hydrogen-bond donors (Lipinski definition) is 0. The number of hydrogen-bond acceptors (Lipinski definition) is 0. The van der Waals surface area contributed by atoms with Gasteiger partial charge in [0.2, 0.25) is 0 Å². The van der Waals surface area contributed by atoms with Gasteiger partial charge < -0.3 is 13.3 Å². The van der Waals surface area contributed by atoms with Crippen molar-refractivity contribution in [2.45, 2.75) is 45.4 Å². The van der Waals surface area contributed by atoms with Crippen molar-refractivity contribution in [1.29, 1.82) is 0 Å². The Morgan fingerprint density at radius 2 is 1.60 bits per heavy atom. The maximum absolute atomic E-state index is 3.49. The molecule has 1 aliphatic rings. The second-order valence-corrected chi connectivity index (χ2v) is 2.43. The van der Waals surface area contributed by atoms with Gasteiger partial charge in [-0.15, -0.1) is 0 Å². The average Bonchev–Trinajstić information content (AvgIpc) is 1.93. The van der Waals surface area contributed by atoms with Crippen LogP contribution in [0.5, 0.6) is 0 Å². The molecule has 0 aromatic heterocycles. The molecule has 0 atom stereocenters. The Kier molecular flexibility index (Phi) is 16.6. The summed E-state index contributed by atoms with van der Waals surface area (Å²) >= 11 is 0. The van der Waals surface area contributed by atoms with Crippen molar-refractivity contribution in [3.8, 4) is 0 Å². The van der Waals surface area contributed by atoms with E-state index in [0.29, 0.717) is 0 Å². The first-order valence-corrected chi connectivity index (χ1v) is 4.02. The molecule has 0 saturated heterocycles. The molecular formula is C9H18Mg. The van der Waals surface area contributed by atoms with Crippen molar-refractivity contribution in [2.24, 2.45) is 0 Å². The van der Waals surface area contributed by atoms with E-state index in [4.69, 9.17) is 0 Å². The summed E-state index contributed by atoms with van der Waals surface area (Å²) in [5, 5.41) is 0. The summed E-state index contributed by atoms with van der Waals surface area (Å²) in [4.78, 5) is 0. The van der Waals surface area contributed by atoms with Gasteiger partial charge in [0.1, 0.15) is 0 Å². The third-order valence-corrected chi connectivity index (χ3v) is 1.32. The molecule has 0 amide bonds. The van der Waals surface area contributed by atoms with E-state index in [2.05, 4.69) is 13.3 Å². The summed E-state index contributed by atoms with van der Waals surface area (Å²) in [5.74, 6) is 0. The van der Waals surface area contributed by atoms with Crippen molar-refractivity contribution in [1.82, 2.24) is 0 Å². The second kappa shape index (κ2) is 12.4. The molecule has 1 saturated carbocycles. The zero-order chi connectivity index (χ0) is 6.95. The predicted molar refractivity (Wildman–Crippen MR) is 48.8 cm³/mol. The van der Waals surface area contributed by atoms with E-state index in [1.807, 2.05) is 6.92 Å². The Bertz CT molecular complexity index is 28.5. The van der Waals surface area contributed by atoms with Gasteiger partial charge in [-0.3, -0.25) is 0 Å². The molecule has 0 aromatic carbocycles. The fourth-order valence-corrected chi connectivity index (χ4v) is 0.898. The van der Waals surface area contributed by atoms with E-state index in [1.165, 1.54) is 32.1 Å². The Hall–Kier alpha value is 0.766. The van der Waals surface area contributed by atoms with Crippen LogP contribution in [-0.4, -0.2) is 23.1 Å². The SMILES string of the molecule is [CH-]1CCCCC1.[CH2-]CC.[Mg+2]. The average molecular weight is 151 g/mol. The minimum atomic E-state index is 0. The van der Waals surface area contributed by atoms with Crippen molar-refractivity contribution >= 4 is 23.1 Å². The van der Waals surface area contributed by atoms with E-state index < -0.39 is 0 Å². The van der Waals surface area contributed by atoms with Crippen LogP contribution in [0.1, 0.15) is 45.4 Å². The molecule has 1 heteroatoms. The van der Waals surface area contributed by atoms with Crippen LogP contribution in [0.25, 0.3) is 0 Å². The molecule has 0 bridgehead atoms. The van der Waals surface area contributed by atoms with Crippen molar-refractivity contribution in [3.63, 3.8) is 0 Å². The van der Waals surface area contributed by atoms with Crippen molar-refractivity contribution in [3.05, 3.63) is 13.3 Å². The van der Waals surface area contributed by atoms with Crippen LogP contribution >= 0.6 is 0 Å². The minimum Gasteiger partial charge on any atom is -0.344 e. The predicted octanol–water partition coefficient (Wildman–Crippen LogP) is 3.00. The first-order chi connectivity index (χ1) is 4.41. The van der Waals surface area contributed by atoms with Gasteiger partial charge in [0.25, 0.3) is 0 Å². The molecule has 0 aromatic rings. The summed E-state index contributed by atoms with van der Waals surface area (Å²) in [6.45, 7) is 5.50. The molecule has 0 spiro atoms. The Labute approximate surface area is 81.9 Å². The third kappa shape index (κ3) is 11.5. The summed E-state index contributed by atoms with van der Waals surface area (Å²) in [7, 11) is 0. The molecule has 0 heterocycles. The van der Waals surface area contributed by atoms with E-state index in [0.717, 1.165) is 6.42 Å². The van der Waals surface area contributed by atoms with E-state index in [-0.39, 0.29) is 23.1 Å². The van der Waals surface area contributed by atoms with Crippen LogP contribution in [0.15, 0.2) is 0 Å². The van der Waals surface area contributed by atoms with Gasteiger partial charge in [0.15, 0.2) is 0 Å². The molecule has 0 N–H and O–H groups in total. The largest absolute Gasteiger partial charge is 2.00 e. The Morgan fingerprint density at radius 1 is 1.20 bits per heavy atom. The molecule has 1 fully saturated rings. The van der Waals surface area contributed by atoms with Gasteiger partial charge in [-0.05, 0) is 0 Å². The fourth-order valence-electron chi connectivity index (χ4n) is 0.898. The van der Waals surface area contributed by atoms with Gasteiger partial charge in [-0.2, -0.15) is 19.3 Å². The van der Waals surface area contributed by atoms with Crippen LogP contribution in [0.4, 0.5) is 0 Å². The summed E-state index contributed by atoms with van der Waals surface area (Å²) in [6.07, 6.45) is 10.5. The van der Waals surface area contributed by atoms with Crippen LogP contribution < -0.4 is 0 Å². The standard InChI is InChI=1S/C6H11.C3H7.Mg/c1-2-4-6-5-3-1;1-3-2;/h1H,2-6H2;1,3H2,2H3;/q2*-1;+2. The molecule has 1 rings (SSSR count). The molecular weight excluding hydrogens is 132 g/mol. The minimum absolute atomic E-state index is 0. The second-order valence-electron chi connectivity index (χ2n) is 2.43. The Morgan fingerprint density at radius 3 is 1.70 bits per heavy atom. The zero-order valence-corrected chi connectivity index (χ0v) is 8.65. The number of rotatable bonds is 0. The molecule has 56 valence electrons. The first-order valence-electron chi connectivity index (χ1n) is 4.02. The van der Waals surface area contributed by atoms with E-state index >= 15 is 0 Å². The summed E-state index contributed by atoms with van der Waals surface area (Å²) in [5.41, 5.74) is 0. The smallest absolute Gasteiger partial charge is 0.344 e. The topological polar surface area (TPSA) is 0 Å². The van der Waals surface area contributed by atoms with Crippen LogP contribution in [-0.2, 0) is 0 Å². The van der Waals surface area contributed by atoms with Gasteiger partial charge in [-0.25, -0.2) is 0 Å². The molecule has 0 aliphatic heterocycles. The molecule has 1 aliphatic carbocycles. The van der Waals surface area contributed by atoms with E-state index in [9.17, 15) is 0 Å². The molecule has 0 unspecified atom stereocenters. The summed E-state index contributed by atoms with van der Waals surface area (Å²) in [6, 6.07) is 0. The van der Waals surface area contributed by atoms with Gasteiger partial charge in [0, 0.05) is 0 Å². The van der Waals surface area contributed by atoms with Gasteiger partial charge >= 0.3 is 23.1 Å². The molecule has 10 heavy (non-hydrogen) atoms.